The van der Waals surface area contributed by atoms with Crippen molar-refractivity contribution in [3.05, 3.63) is 61.7 Å². The predicted octanol–water partition coefficient (Wildman–Crippen LogP) is 2.28. The zero-order valence-corrected chi connectivity index (χ0v) is 12.4. The summed E-state index contributed by atoms with van der Waals surface area (Å²) < 4.78 is 0. The Morgan fingerprint density at radius 2 is 2.14 bits per heavy atom. The fourth-order valence-corrected chi connectivity index (χ4v) is 2.97. The fraction of sp³-hybridized carbons (Fsp3) is 0.214. The van der Waals surface area contributed by atoms with Crippen molar-refractivity contribution in [1.82, 2.24) is 14.9 Å². The van der Waals surface area contributed by atoms with E-state index in [1.165, 1.54) is 6.20 Å². The van der Waals surface area contributed by atoms with Crippen LogP contribution in [0, 0.1) is 0 Å². The summed E-state index contributed by atoms with van der Waals surface area (Å²) >= 11 is 12.2. The molecule has 2 heterocycles. The highest BCUT2D eigenvalue weighted by molar-refractivity contribution is 6.35. The highest BCUT2D eigenvalue weighted by atomic mass is 35.5. The Hall–Kier alpha value is -1.85. The number of nitrogens with zero attached hydrogens (tertiary/aromatic N) is 2. The summed E-state index contributed by atoms with van der Waals surface area (Å²) in [6, 6.07) is 3.55. The molecule has 0 saturated carbocycles. The number of nitrogens with one attached hydrogen (secondary N) is 1. The van der Waals surface area contributed by atoms with Crippen molar-refractivity contribution >= 4 is 29.1 Å². The van der Waals surface area contributed by atoms with Gasteiger partial charge < -0.3 is 9.88 Å². The van der Waals surface area contributed by atoms with E-state index in [0.29, 0.717) is 29.6 Å². The van der Waals surface area contributed by atoms with Crippen LogP contribution in [0.3, 0.4) is 0 Å². The number of rotatable bonds is 1. The van der Waals surface area contributed by atoms with Crippen molar-refractivity contribution in [3.63, 3.8) is 0 Å². The Morgan fingerprint density at radius 1 is 1.33 bits per heavy atom. The highest BCUT2D eigenvalue weighted by Gasteiger charge is 2.24. The predicted molar refractivity (Wildman–Crippen MR) is 79.8 cm³/mol. The Kier molecular flexibility index (Phi) is 3.69. The molecule has 0 unspecified atom stereocenters. The van der Waals surface area contributed by atoms with Gasteiger partial charge in [0, 0.05) is 29.3 Å². The summed E-state index contributed by atoms with van der Waals surface area (Å²) in [5, 5.41) is 1.16. The molecule has 1 aliphatic heterocycles. The van der Waals surface area contributed by atoms with Gasteiger partial charge in [0.05, 0.1) is 6.20 Å². The maximum Gasteiger partial charge on any atom is 0.274 e. The van der Waals surface area contributed by atoms with E-state index in [4.69, 9.17) is 23.2 Å². The van der Waals surface area contributed by atoms with Crippen LogP contribution in [-0.2, 0) is 13.0 Å². The standard InChI is InChI=1S/C14H11Cl2N3O2/c15-9-3-8-1-2-19(7-10(8)11(16)4-9)14(21)12-5-18-13(20)6-17-12/h3-6H,1-2,7H2,(H,18,20). The normalized spacial score (nSPS) is 13.9. The quantitative estimate of drug-likeness (QED) is 0.875. The van der Waals surface area contributed by atoms with Crippen LogP contribution < -0.4 is 5.56 Å². The molecular formula is C14H11Cl2N3O2. The van der Waals surface area contributed by atoms with Gasteiger partial charge in [-0.1, -0.05) is 23.2 Å². The number of amides is 1. The first-order valence-electron chi connectivity index (χ1n) is 6.35. The summed E-state index contributed by atoms with van der Waals surface area (Å²) in [7, 11) is 0. The first-order chi connectivity index (χ1) is 10.0. The first-order valence-corrected chi connectivity index (χ1v) is 7.11. The zero-order valence-electron chi connectivity index (χ0n) is 10.9. The lowest BCUT2D eigenvalue weighted by molar-refractivity contribution is 0.0728. The van der Waals surface area contributed by atoms with Gasteiger partial charge in [-0.05, 0) is 29.7 Å². The number of aromatic amines is 1. The molecule has 0 spiro atoms. The van der Waals surface area contributed by atoms with Crippen molar-refractivity contribution in [3.8, 4) is 0 Å². The molecule has 108 valence electrons. The van der Waals surface area contributed by atoms with E-state index in [2.05, 4.69) is 9.97 Å². The molecule has 0 fully saturated rings. The fourth-order valence-electron chi connectivity index (χ4n) is 2.38. The number of H-pyrrole nitrogens is 1. The summed E-state index contributed by atoms with van der Waals surface area (Å²) in [5.74, 6) is -0.233. The van der Waals surface area contributed by atoms with Crippen molar-refractivity contribution in [2.45, 2.75) is 13.0 Å². The van der Waals surface area contributed by atoms with Crippen molar-refractivity contribution in [2.75, 3.05) is 6.54 Å². The van der Waals surface area contributed by atoms with Crippen molar-refractivity contribution in [1.29, 1.82) is 0 Å². The molecule has 0 bridgehead atoms. The number of carbonyl (C=O) groups is 1. The molecule has 1 aliphatic rings. The van der Waals surface area contributed by atoms with Crippen LogP contribution >= 0.6 is 23.2 Å². The van der Waals surface area contributed by atoms with Crippen LogP contribution in [0.25, 0.3) is 0 Å². The molecule has 2 aromatic rings. The maximum absolute atomic E-state index is 12.4. The molecule has 7 heteroatoms. The molecule has 0 saturated heterocycles. The number of aromatic nitrogens is 2. The minimum atomic E-state index is -0.340. The van der Waals surface area contributed by atoms with Crippen LogP contribution in [0.1, 0.15) is 21.6 Å². The molecule has 1 aromatic heterocycles. The van der Waals surface area contributed by atoms with Crippen LogP contribution in [0.2, 0.25) is 10.0 Å². The van der Waals surface area contributed by atoms with E-state index in [1.807, 2.05) is 6.07 Å². The van der Waals surface area contributed by atoms with Gasteiger partial charge in [0.1, 0.15) is 5.69 Å². The zero-order chi connectivity index (χ0) is 15.0. The van der Waals surface area contributed by atoms with Gasteiger partial charge in [-0.15, -0.1) is 0 Å². The lowest BCUT2D eigenvalue weighted by Crippen LogP contribution is -2.36. The van der Waals surface area contributed by atoms with Gasteiger partial charge in [-0.25, -0.2) is 4.98 Å². The molecular weight excluding hydrogens is 313 g/mol. The maximum atomic E-state index is 12.4. The van der Waals surface area contributed by atoms with E-state index in [1.54, 1.807) is 11.0 Å². The summed E-state index contributed by atoms with van der Waals surface area (Å²) in [5.41, 5.74) is 1.84. The average molecular weight is 324 g/mol. The number of halogens is 2. The topological polar surface area (TPSA) is 66.1 Å². The van der Waals surface area contributed by atoms with Gasteiger partial charge in [-0.3, -0.25) is 9.59 Å². The third-order valence-corrected chi connectivity index (χ3v) is 3.99. The monoisotopic (exact) mass is 323 g/mol. The van der Waals surface area contributed by atoms with Gasteiger partial charge in [0.2, 0.25) is 0 Å². The molecule has 1 amide bonds. The number of hydrogen-bond donors (Lipinski definition) is 1. The molecule has 21 heavy (non-hydrogen) atoms. The lowest BCUT2D eigenvalue weighted by atomic mass is 9.99. The van der Waals surface area contributed by atoms with Gasteiger partial charge in [0.25, 0.3) is 11.5 Å². The smallest absolute Gasteiger partial charge is 0.274 e. The third-order valence-electron chi connectivity index (χ3n) is 3.43. The number of benzene rings is 1. The second-order valence-corrected chi connectivity index (χ2v) is 5.64. The minimum Gasteiger partial charge on any atom is -0.333 e. The summed E-state index contributed by atoms with van der Waals surface area (Å²) in [6.07, 6.45) is 3.10. The average Bonchev–Trinajstić information content (AvgIpc) is 2.47. The van der Waals surface area contributed by atoms with E-state index in [0.717, 1.165) is 17.3 Å². The number of carbonyl (C=O) groups excluding carboxylic acids is 1. The van der Waals surface area contributed by atoms with Gasteiger partial charge >= 0.3 is 0 Å². The Bertz CT molecular complexity index is 753. The lowest BCUT2D eigenvalue weighted by Gasteiger charge is -2.29. The first kappa shape index (κ1) is 14.1. The molecule has 0 atom stereocenters. The largest absolute Gasteiger partial charge is 0.333 e. The molecule has 0 radical (unpaired) electrons. The molecule has 5 nitrogen and oxygen atoms in total. The molecule has 1 aromatic carbocycles. The van der Waals surface area contributed by atoms with E-state index < -0.39 is 0 Å². The highest BCUT2D eigenvalue weighted by Crippen LogP contribution is 2.30. The Balaban J connectivity index is 1.87. The SMILES string of the molecule is O=C(c1c[nH]c(=O)cn1)N1CCc2cc(Cl)cc(Cl)c2C1. The Morgan fingerprint density at radius 3 is 2.86 bits per heavy atom. The van der Waals surface area contributed by atoms with Crippen LogP contribution in [0.15, 0.2) is 29.3 Å². The van der Waals surface area contributed by atoms with Crippen LogP contribution in [-0.4, -0.2) is 27.3 Å². The number of hydrogen-bond acceptors (Lipinski definition) is 3. The molecule has 1 N–H and O–H groups in total. The minimum absolute atomic E-state index is 0.211. The Labute approximate surface area is 130 Å². The molecule has 3 rings (SSSR count). The van der Waals surface area contributed by atoms with Crippen LogP contribution in [0.4, 0.5) is 0 Å². The van der Waals surface area contributed by atoms with Crippen molar-refractivity contribution < 1.29 is 4.79 Å². The van der Waals surface area contributed by atoms with E-state index in [9.17, 15) is 9.59 Å². The summed E-state index contributed by atoms with van der Waals surface area (Å²) in [6.45, 7) is 0.967. The number of fused-ring (bicyclic) bond motifs is 1. The third kappa shape index (κ3) is 2.80. The van der Waals surface area contributed by atoms with Crippen LogP contribution in [0.5, 0.6) is 0 Å². The second-order valence-electron chi connectivity index (χ2n) is 4.80. The summed E-state index contributed by atoms with van der Waals surface area (Å²) in [4.78, 5) is 31.3. The van der Waals surface area contributed by atoms with E-state index in [-0.39, 0.29) is 17.2 Å². The molecule has 0 aliphatic carbocycles. The van der Waals surface area contributed by atoms with Crippen molar-refractivity contribution in [2.24, 2.45) is 0 Å². The van der Waals surface area contributed by atoms with Gasteiger partial charge in [-0.2, -0.15) is 0 Å². The van der Waals surface area contributed by atoms with Gasteiger partial charge in [0.15, 0.2) is 0 Å². The van der Waals surface area contributed by atoms with E-state index >= 15 is 0 Å². The second kappa shape index (κ2) is 5.50.